The zero-order valence-electron chi connectivity index (χ0n) is 15.1. The second kappa shape index (κ2) is 8.52. The topological polar surface area (TPSA) is 83.6 Å². The van der Waals surface area contributed by atoms with Gasteiger partial charge in [-0.05, 0) is 43.7 Å². The summed E-state index contributed by atoms with van der Waals surface area (Å²) >= 11 is 1.35. The Morgan fingerprint density at radius 3 is 2.59 bits per heavy atom. The average Bonchev–Trinajstić information content (AvgIpc) is 3.10. The maximum Gasteiger partial charge on any atom is 0.234 e. The molecular weight excluding hydrogens is 358 g/mol. The Morgan fingerprint density at radius 1 is 1.19 bits per heavy atom. The zero-order chi connectivity index (χ0) is 19.2. The van der Waals surface area contributed by atoms with Crippen LogP contribution in [0.4, 0.5) is 5.69 Å². The normalized spacial score (nSPS) is 10.4. The maximum atomic E-state index is 12.2. The summed E-state index contributed by atoms with van der Waals surface area (Å²) in [4.78, 5) is 12.2. The van der Waals surface area contributed by atoms with Crippen LogP contribution >= 0.6 is 11.8 Å². The van der Waals surface area contributed by atoms with Crippen LogP contribution in [0.1, 0.15) is 18.1 Å². The van der Waals surface area contributed by atoms with E-state index in [2.05, 4.69) is 21.6 Å². The predicted octanol–water partition coefficient (Wildman–Crippen LogP) is 3.88. The highest BCUT2D eigenvalue weighted by atomic mass is 32.2. The molecule has 6 nitrogen and oxygen atoms in total. The molecule has 2 aromatic carbocycles. The van der Waals surface area contributed by atoms with E-state index in [0.29, 0.717) is 16.4 Å². The summed E-state index contributed by atoms with van der Waals surface area (Å²) in [6, 6.07) is 16.9. The average molecular weight is 377 g/mol. The fourth-order valence-corrected chi connectivity index (χ4v) is 3.46. The molecule has 0 spiro atoms. The molecule has 0 bridgehead atoms. The number of thioether (sulfide) groups is 1. The Hall–Kier alpha value is -3.11. The van der Waals surface area contributed by atoms with Gasteiger partial charge in [-0.25, -0.2) is 0 Å². The van der Waals surface area contributed by atoms with E-state index in [1.807, 2.05) is 42.7 Å². The highest BCUT2D eigenvalue weighted by molar-refractivity contribution is 7.99. The summed E-state index contributed by atoms with van der Waals surface area (Å²) in [7, 11) is 0. The molecule has 3 rings (SSSR count). The van der Waals surface area contributed by atoms with Gasteiger partial charge in [-0.15, -0.1) is 10.2 Å². The molecule has 3 aromatic rings. The Morgan fingerprint density at radius 2 is 1.93 bits per heavy atom. The van der Waals surface area contributed by atoms with Crippen LogP contribution in [0.25, 0.3) is 11.4 Å². The first-order valence-electron chi connectivity index (χ1n) is 8.54. The number of nitrogens with one attached hydrogen (secondary N) is 1. The summed E-state index contributed by atoms with van der Waals surface area (Å²) < 4.78 is 2.02. The molecule has 0 fully saturated rings. The van der Waals surface area contributed by atoms with Crippen molar-refractivity contribution in [3.8, 4) is 17.5 Å². The van der Waals surface area contributed by atoms with E-state index in [9.17, 15) is 4.79 Å². The predicted molar refractivity (Wildman–Crippen MR) is 106 cm³/mol. The smallest absolute Gasteiger partial charge is 0.234 e. The first-order valence-corrected chi connectivity index (χ1v) is 9.53. The molecule has 1 heterocycles. The van der Waals surface area contributed by atoms with E-state index < -0.39 is 0 Å². The Bertz CT molecular complexity index is 988. The minimum Gasteiger partial charge on any atom is -0.325 e. The lowest BCUT2D eigenvalue weighted by atomic mass is 10.1. The number of nitrogens with zero attached hydrogens (tertiary/aromatic N) is 4. The van der Waals surface area contributed by atoms with E-state index in [0.717, 1.165) is 23.5 Å². The van der Waals surface area contributed by atoms with Gasteiger partial charge in [0.25, 0.3) is 0 Å². The molecule has 136 valence electrons. The molecule has 27 heavy (non-hydrogen) atoms. The van der Waals surface area contributed by atoms with Gasteiger partial charge in [0, 0.05) is 17.8 Å². The molecule has 0 radical (unpaired) electrons. The third-order valence-corrected chi connectivity index (χ3v) is 5.02. The SMILES string of the molecule is CCn1c(SCC(=O)Nc2ccc(C#N)cc2)nnc1-c1ccccc1C. The fraction of sp³-hybridized carbons (Fsp3) is 0.200. The highest BCUT2D eigenvalue weighted by Crippen LogP contribution is 2.26. The van der Waals surface area contributed by atoms with E-state index in [-0.39, 0.29) is 11.7 Å². The summed E-state index contributed by atoms with van der Waals surface area (Å²) in [6.07, 6.45) is 0. The largest absolute Gasteiger partial charge is 0.325 e. The molecule has 7 heteroatoms. The number of hydrogen-bond acceptors (Lipinski definition) is 5. The van der Waals surface area contributed by atoms with Gasteiger partial charge in [0.1, 0.15) is 0 Å². The van der Waals surface area contributed by atoms with Crippen LogP contribution in [0.15, 0.2) is 53.7 Å². The first-order chi connectivity index (χ1) is 13.1. The van der Waals surface area contributed by atoms with E-state index >= 15 is 0 Å². The number of aryl methyl sites for hydroxylation is 1. The van der Waals surface area contributed by atoms with Gasteiger partial charge in [0.2, 0.25) is 5.91 Å². The molecular formula is C20H19N5OS. The molecule has 0 aliphatic heterocycles. The zero-order valence-corrected chi connectivity index (χ0v) is 16.0. The van der Waals surface area contributed by atoms with Crippen molar-refractivity contribution in [1.29, 1.82) is 5.26 Å². The highest BCUT2D eigenvalue weighted by Gasteiger charge is 2.15. The van der Waals surface area contributed by atoms with Gasteiger partial charge >= 0.3 is 0 Å². The van der Waals surface area contributed by atoms with Crippen LogP contribution < -0.4 is 5.32 Å². The molecule has 0 aliphatic rings. The van der Waals surface area contributed by atoms with Gasteiger partial charge < -0.3 is 9.88 Å². The van der Waals surface area contributed by atoms with Crippen molar-refractivity contribution in [2.45, 2.75) is 25.5 Å². The molecule has 0 saturated heterocycles. The number of nitriles is 1. The van der Waals surface area contributed by atoms with Crippen molar-refractivity contribution in [2.24, 2.45) is 0 Å². The quantitative estimate of drug-likeness (QED) is 0.659. The minimum absolute atomic E-state index is 0.132. The van der Waals surface area contributed by atoms with Gasteiger partial charge in [0.15, 0.2) is 11.0 Å². The molecule has 0 unspecified atom stereocenters. The lowest BCUT2D eigenvalue weighted by Gasteiger charge is -2.09. The van der Waals surface area contributed by atoms with Crippen molar-refractivity contribution in [1.82, 2.24) is 14.8 Å². The van der Waals surface area contributed by atoms with Gasteiger partial charge in [-0.2, -0.15) is 5.26 Å². The Balaban J connectivity index is 1.68. The number of hydrogen-bond donors (Lipinski definition) is 1. The molecule has 1 amide bonds. The van der Waals surface area contributed by atoms with Crippen LogP contribution in [0.5, 0.6) is 0 Å². The standard InChI is InChI=1S/C20H19N5OS/c1-3-25-19(17-7-5-4-6-14(17)2)23-24-20(25)27-13-18(26)22-16-10-8-15(12-21)9-11-16/h4-11H,3,13H2,1-2H3,(H,22,26). The maximum absolute atomic E-state index is 12.2. The van der Waals surface area contributed by atoms with Crippen molar-refractivity contribution < 1.29 is 4.79 Å². The number of aromatic nitrogens is 3. The number of carbonyl (C=O) groups is 1. The van der Waals surface area contributed by atoms with Gasteiger partial charge in [-0.3, -0.25) is 4.79 Å². The van der Waals surface area contributed by atoms with Gasteiger partial charge in [0.05, 0.1) is 17.4 Å². The summed E-state index contributed by atoms with van der Waals surface area (Å²) in [6.45, 7) is 4.80. The third kappa shape index (κ3) is 4.36. The minimum atomic E-state index is -0.132. The van der Waals surface area contributed by atoms with E-state index in [4.69, 9.17) is 5.26 Å². The van der Waals surface area contributed by atoms with Crippen molar-refractivity contribution in [3.05, 3.63) is 59.7 Å². The number of amides is 1. The molecule has 1 aromatic heterocycles. The first kappa shape index (κ1) is 18.7. The summed E-state index contributed by atoms with van der Waals surface area (Å²) in [5.74, 6) is 0.907. The number of benzene rings is 2. The van der Waals surface area contributed by atoms with Crippen LogP contribution in [0.3, 0.4) is 0 Å². The summed E-state index contributed by atoms with van der Waals surface area (Å²) in [5, 5.41) is 20.9. The second-order valence-electron chi connectivity index (χ2n) is 5.89. The van der Waals surface area contributed by atoms with E-state index in [1.54, 1.807) is 24.3 Å². The van der Waals surface area contributed by atoms with Crippen molar-refractivity contribution in [3.63, 3.8) is 0 Å². The molecule has 0 saturated carbocycles. The molecule has 1 N–H and O–H groups in total. The second-order valence-corrected chi connectivity index (χ2v) is 6.83. The van der Waals surface area contributed by atoms with E-state index in [1.165, 1.54) is 11.8 Å². The summed E-state index contributed by atoms with van der Waals surface area (Å²) in [5.41, 5.74) is 3.40. The van der Waals surface area contributed by atoms with Crippen LogP contribution in [0, 0.1) is 18.3 Å². The Labute approximate surface area is 162 Å². The lowest BCUT2D eigenvalue weighted by molar-refractivity contribution is -0.113. The number of rotatable bonds is 6. The molecule has 0 aliphatic carbocycles. The third-order valence-electron chi connectivity index (χ3n) is 4.05. The molecule has 0 atom stereocenters. The fourth-order valence-electron chi connectivity index (χ4n) is 2.66. The lowest BCUT2D eigenvalue weighted by Crippen LogP contribution is -2.14. The number of carbonyl (C=O) groups excluding carboxylic acids is 1. The van der Waals surface area contributed by atoms with Crippen LogP contribution in [0.2, 0.25) is 0 Å². The van der Waals surface area contributed by atoms with Crippen LogP contribution in [-0.4, -0.2) is 26.4 Å². The van der Waals surface area contributed by atoms with Crippen molar-refractivity contribution >= 4 is 23.4 Å². The number of anilines is 1. The van der Waals surface area contributed by atoms with Gasteiger partial charge in [-0.1, -0.05) is 36.0 Å². The Kier molecular flexibility index (Phi) is 5.89. The van der Waals surface area contributed by atoms with Crippen molar-refractivity contribution in [2.75, 3.05) is 11.1 Å². The monoisotopic (exact) mass is 377 g/mol. The van der Waals surface area contributed by atoms with Crippen LogP contribution in [-0.2, 0) is 11.3 Å².